The molecule has 4 heteroatoms. The van der Waals surface area contributed by atoms with Crippen LogP contribution < -0.4 is 10.4 Å². The molecule has 0 aliphatic heterocycles. The lowest BCUT2D eigenvalue weighted by molar-refractivity contribution is 0.0324. The smallest absolute Gasteiger partial charge is 0.253 e. The Morgan fingerprint density at radius 2 is 1.27 bits per heavy atom. The summed E-state index contributed by atoms with van der Waals surface area (Å²) in [6.45, 7) is 2.22. The average Bonchev–Trinajstić information content (AvgIpc) is 3.38. The summed E-state index contributed by atoms with van der Waals surface area (Å²) < 4.78 is 7.16. The van der Waals surface area contributed by atoms with Crippen molar-refractivity contribution in [2.24, 2.45) is 0 Å². The lowest BCUT2D eigenvalue weighted by Gasteiger charge is -2.36. The second kappa shape index (κ2) is 9.20. The maximum atomic E-state index is 11.7. The van der Waals surface area contributed by atoms with E-state index in [4.69, 9.17) is 4.43 Å². The van der Waals surface area contributed by atoms with Crippen molar-refractivity contribution in [3.8, 4) is 0 Å². The van der Waals surface area contributed by atoms with Crippen LogP contribution >= 0.6 is 0 Å². The van der Waals surface area contributed by atoms with Crippen LogP contribution in [0.15, 0.2) is 121 Å². The molecule has 3 nitrogen and oxygen atoms in total. The molecule has 2 N–H and O–H groups in total. The molecule has 0 radical (unpaired) electrons. The third-order valence-corrected chi connectivity index (χ3v) is 9.96. The van der Waals surface area contributed by atoms with Gasteiger partial charge in [-0.2, -0.15) is 0 Å². The van der Waals surface area contributed by atoms with Crippen LogP contribution in [0.1, 0.15) is 23.3 Å². The van der Waals surface area contributed by atoms with Crippen LogP contribution in [0.25, 0.3) is 10.9 Å². The summed E-state index contributed by atoms with van der Waals surface area (Å²) in [7, 11) is -2.68. The molecule has 33 heavy (non-hydrogen) atoms. The SMILES string of the molecule is C[Si](O[C@@H](c1cccc2cc[nH]c12)[C@H](O)c1ccccc1)(c1ccccc1)c1ccccc1. The number of fused-ring (bicyclic) bond motifs is 1. The molecule has 0 aliphatic rings. The highest BCUT2D eigenvalue weighted by Gasteiger charge is 2.40. The number of aliphatic hydroxyl groups excluding tert-OH is 1. The summed E-state index contributed by atoms with van der Waals surface area (Å²) in [6.07, 6.45) is 0.566. The fourth-order valence-corrected chi connectivity index (χ4v) is 7.56. The standard InChI is InChI=1S/C29H27NO2Si/c1-33(24-15-7-3-8-16-24,25-17-9-4-10-18-25)32-29(28(31)23-12-5-2-6-13-23)26-19-11-14-22-20-21-30-27(22)26/h2-21,28-31H,1H3/t28-,29+/m1/s1. The van der Waals surface area contributed by atoms with Gasteiger partial charge in [0.2, 0.25) is 0 Å². The van der Waals surface area contributed by atoms with E-state index < -0.39 is 20.5 Å². The quantitative estimate of drug-likeness (QED) is 0.329. The molecule has 4 aromatic carbocycles. The van der Waals surface area contributed by atoms with Gasteiger partial charge < -0.3 is 14.5 Å². The maximum Gasteiger partial charge on any atom is 0.253 e. The predicted octanol–water partition coefficient (Wildman–Crippen LogP) is 5.35. The number of hydrogen-bond donors (Lipinski definition) is 2. The molecule has 0 saturated carbocycles. The van der Waals surface area contributed by atoms with Crippen molar-refractivity contribution in [3.05, 3.63) is 133 Å². The topological polar surface area (TPSA) is 45.2 Å². The van der Waals surface area contributed by atoms with Crippen LogP contribution in [0, 0.1) is 0 Å². The Balaban J connectivity index is 1.68. The molecule has 0 fully saturated rings. The first kappa shape index (κ1) is 21.4. The van der Waals surface area contributed by atoms with E-state index in [1.165, 1.54) is 10.4 Å². The normalized spacial score (nSPS) is 13.6. The third-order valence-electron chi connectivity index (χ3n) is 6.37. The van der Waals surface area contributed by atoms with Gasteiger partial charge in [-0.1, -0.05) is 109 Å². The van der Waals surface area contributed by atoms with Gasteiger partial charge in [0, 0.05) is 11.8 Å². The van der Waals surface area contributed by atoms with Gasteiger partial charge in [-0.25, -0.2) is 0 Å². The number of nitrogens with one attached hydrogen (secondary N) is 1. The Bertz CT molecular complexity index is 1280. The molecular weight excluding hydrogens is 422 g/mol. The van der Waals surface area contributed by atoms with E-state index in [0.717, 1.165) is 22.0 Å². The molecule has 0 amide bonds. The van der Waals surface area contributed by atoms with Crippen LogP contribution in [0.4, 0.5) is 0 Å². The van der Waals surface area contributed by atoms with Crippen molar-refractivity contribution in [3.63, 3.8) is 0 Å². The van der Waals surface area contributed by atoms with Crippen LogP contribution in [0.5, 0.6) is 0 Å². The van der Waals surface area contributed by atoms with Crippen molar-refractivity contribution >= 4 is 29.6 Å². The highest BCUT2D eigenvalue weighted by Crippen LogP contribution is 2.37. The van der Waals surface area contributed by atoms with Gasteiger partial charge in [-0.15, -0.1) is 0 Å². The first-order valence-electron chi connectivity index (χ1n) is 11.2. The van der Waals surface area contributed by atoms with Crippen molar-refractivity contribution < 1.29 is 9.53 Å². The molecule has 0 unspecified atom stereocenters. The van der Waals surface area contributed by atoms with Gasteiger partial charge in [0.1, 0.15) is 12.2 Å². The van der Waals surface area contributed by atoms with Gasteiger partial charge in [0.15, 0.2) is 0 Å². The second-order valence-electron chi connectivity index (χ2n) is 8.45. The molecule has 1 aromatic heterocycles. The van der Waals surface area contributed by atoms with E-state index in [1.54, 1.807) is 0 Å². The molecular formula is C29H27NO2Si. The van der Waals surface area contributed by atoms with Gasteiger partial charge in [0.05, 0.1) is 5.52 Å². The minimum Gasteiger partial charge on any atom is -0.398 e. The van der Waals surface area contributed by atoms with Crippen LogP contribution in [-0.4, -0.2) is 18.4 Å². The molecule has 1 heterocycles. The monoisotopic (exact) mass is 449 g/mol. The lowest BCUT2D eigenvalue weighted by atomic mass is 9.97. The number of aromatic nitrogens is 1. The summed E-state index contributed by atoms with van der Waals surface area (Å²) in [5, 5.41) is 15.1. The molecule has 2 atom stereocenters. The number of benzene rings is 4. The molecule has 0 aliphatic carbocycles. The highest BCUT2D eigenvalue weighted by atomic mass is 28.4. The van der Waals surface area contributed by atoms with Crippen molar-refractivity contribution in [1.29, 1.82) is 0 Å². The van der Waals surface area contributed by atoms with Crippen molar-refractivity contribution in [1.82, 2.24) is 4.98 Å². The summed E-state index contributed by atoms with van der Waals surface area (Å²) in [5.41, 5.74) is 2.79. The number of rotatable bonds is 7. The van der Waals surface area contributed by atoms with Crippen molar-refractivity contribution in [2.45, 2.75) is 18.8 Å². The van der Waals surface area contributed by atoms with E-state index in [0.29, 0.717) is 0 Å². The summed E-state index contributed by atoms with van der Waals surface area (Å²) in [4.78, 5) is 3.36. The number of H-pyrrole nitrogens is 1. The first-order valence-corrected chi connectivity index (χ1v) is 13.7. The third kappa shape index (κ3) is 4.16. The summed E-state index contributed by atoms with van der Waals surface area (Å²) in [6, 6.07) is 38.8. The van der Waals surface area contributed by atoms with E-state index >= 15 is 0 Å². The molecule has 0 bridgehead atoms. The second-order valence-corrected chi connectivity index (χ2v) is 11.9. The van der Waals surface area contributed by atoms with Crippen molar-refractivity contribution in [2.75, 3.05) is 0 Å². The van der Waals surface area contributed by atoms with E-state index in [1.807, 2.05) is 54.7 Å². The highest BCUT2D eigenvalue weighted by molar-refractivity contribution is 6.96. The Hall–Kier alpha value is -3.44. The number of para-hydroxylation sites is 1. The minimum absolute atomic E-state index is 0.549. The Morgan fingerprint density at radius 1 is 0.697 bits per heavy atom. The molecule has 0 saturated heterocycles. The zero-order valence-corrected chi connectivity index (χ0v) is 19.6. The van der Waals surface area contributed by atoms with Crippen LogP contribution in [0.2, 0.25) is 6.55 Å². The predicted molar refractivity (Wildman–Crippen MR) is 137 cm³/mol. The van der Waals surface area contributed by atoms with Gasteiger partial charge in [0.25, 0.3) is 8.32 Å². The number of hydrogen-bond acceptors (Lipinski definition) is 2. The molecule has 0 spiro atoms. The van der Waals surface area contributed by atoms with Gasteiger partial charge in [-0.3, -0.25) is 0 Å². The average molecular weight is 450 g/mol. The lowest BCUT2D eigenvalue weighted by Crippen LogP contribution is -2.59. The van der Waals surface area contributed by atoms with E-state index in [2.05, 4.69) is 78.3 Å². The summed E-state index contributed by atoms with van der Waals surface area (Å²) >= 11 is 0. The first-order chi connectivity index (χ1) is 16.2. The zero-order chi connectivity index (χ0) is 22.7. The molecule has 5 rings (SSSR count). The van der Waals surface area contributed by atoms with Crippen LogP contribution in [-0.2, 0) is 4.43 Å². The fourth-order valence-electron chi connectivity index (χ4n) is 4.54. The molecule has 5 aromatic rings. The number of aliphatic hydroxyl groups is 1. The largest absolute Gasteiger partial charge is 0.398 e. The van der Waals surface area contributed by atoms with Gasteiger partial charge >= 0.3 is 0 Å². The fraction of sp³-hybridized carbons (Fsp3) is 0.103. The maximum absolute atomic E-state index is 11.7. The van der Waals surface area contributed by atoms with Crippen LogP contribution in [0.3, 0.4) is 0 Å². The minimum atomic E-state index is -2.68. The Kier molecular flexibility index (Phi) is 5.97. The zero-order valence-electron chi connectivity index (χ0n) is 18.6. The Labute approximate surface area is 195 Å². The summed E-state index contributed by atoms with van der Waals surface area (Å²) in [5.74, 6) is 0. The molecule has 164 valence electrons. The number of aromatic amines is 1. The van der Waals surface area contributed by atoms with E-state index in [-0.39, 0.29) is 0 Å². The Morgan fingerprint density at radius 3 is 1.88 bits per heavy atom. The van der Waals surface area contributed by atoms with Gasteiger partial charge in [-0.05, 0) is 33.9 Å². The van der Waals surface area contributed by atoms with E-state index in [9.17, 15) is 5.11 Å².